The molecule has 0 radical (unpaired) electrons. The van der Waals surface area contributed by atoms with Gasteiger partial charge in [0.15, 0.2) is 0 Å². The third-order valence-corrected chi connectivity index (χ3v) is 5.46. The summed E-state index contributed by atoms with van der Waals surface area (Å²) >= 11 is 0. The second-order valence-corrected chi connectivity index (χ2v) is 8.12. The molecule has 2 atom stereocenters. The Morgan fingerprint density at radius 2 is 1.79 bits per heavy atom. The van der Waals surface area contributed by atoms with E-state index >= 15 is 0 Å². The van der Waals surface area contributed by atoms with Crippen LogP contribution in [0.4, 0.5) is 0 Å². The largest absolute Gasteiger partial charge is 0.508 e. The van der Waals surface area contributed by atoms with Crippen LogP contribution in [0.3, 0.4) is 0 Å². The third-order valence-electron chi connectivity index (χ3n) is 5.46. The molecule has 4 nitrogen and oxygen atoms in total. The van der Waals surface area contributed by atoms with Crippen LogP contribution in [0, 0.1) is 5.92 Å². The molecule has 1 rings (SSSR count). The zero-order chi connectivity index (χ0) is 21.4. The van der Waals surface area contributed by atoms with E-state index in [1.54, 1.807) is 0 Å². The molecule has 156 valence electrons. The summed E-state index contributed by atoms with van der Waals surface area (Å²) in [4.78, 5) is 11.9. The van der Waals surface area contributed by atoms with Gasteiger partial charge >= 0.3 is 5.97 Å². The van der Waals surface area contributed by atoms with E-state index in [0.29, 0.717) is 12.0 Å². The summed E-state index contributed by atoms with van der Waals surface area (Å²) in [7, 11) is 0. The van der Waals surface area contributed by atoms with Crippen LogP contribution in [-0.2, 0) is 6.42 Å². The summed E-state index contributed by atoms with van der Waals surface area (Å²) in [6, 6.07) is 1.53. The standard InChI is InChI=1S/C24H36O4/c1-7-9-17(5)18(6)20-14-21(25)19(23(26)22(20)24(27)28)13-12-16(4)11-8-10-15(2)3/h10,12,14,17-18,25-26H,7-9,11,13H2,1-6H3,(H,27,28)/b16-12+. The molecule has 0 fully saturated rings. The molecule has 0 heterocycles. The van der Waals surface area contributed by atoms with Crippen LogP contribution in [0.1, 0.15) is 94.6 Å². The van der Waals surface area contributed by atoms with Crippen molar-refractivity contribution in [2.24, 2.45) is 5.92 Å². The molecule has 0 aliphatic carbocycles. The summed E-state index contributed by atoms with van der Waals surface area (Å²) in [5.41, 5.74) is 3.10. The zero-order valence-electron chi connectivity index (χ0n) is 18.2. The first-order chi connectivity index (χ1) is 13.1. The van der Waals surface area contributed by atoms with E-state index in [1.165, 1.54) is 11.6 Å². The molecular weight excluding hydrogens is 352 g/mol. The van der Waals surface area contributed by atoms with E-state index in [2.05, 4.69) is 33.8 Å². The maximum atomic E-state index is 11.9. The fourth-order valence-electron chi connectivity index (χ4n) is 3.48. The summed E-state index contributed by atoms with van der Waals surface area (Å²) < 4.78 is 0. The molecule has 0 saturated carbocycles. The van der Waals surface area contributed by atoms with Crippen molar-refractivity contribution >= 4 is 5.97 Å². The first kappa shape index (κ1) is 23.8. The summed E-state index contributed by atoms with van der Waals surface area (Å²) in [5, 5.41) is 30.9. The van der Waals surface area contributed by atoms with Crippen molar-refractivity contribution in [3.63, 3.8) is 0 Å². The highest BCUT2D eigenvalue weighted by atomic mass is 16.4. The molecule has 1 aromatic rings. The number of benzene rings is 1. The van der Waals surface area contributed by atoms with Crippen molar-refractivity contribution in [2.45, 2.75) is 79.6 Å². The average molecular weight is 389 g/mol. The van der Waals surface area contributed by atoms with Gasteiger partial charge in [-0.1, -0.05) is 56.9 Å². The van der Waals surface area contributed by atoms with Gasteiger partial charge in [-0.15, -0.1) is 0 Å². The Balaban J connectivity index is 3.21. The molecular formula is C24H36O4. The van der Waals surface area contributed by atoms with Crippen LogP contribution >= 0.6 is 0 Å². The van der Waals surface area contributed by atoms with Crippen LogP contribution < -0.4 is 0 Å². The van der Waals surface area contributed by atoms with Gasteiger partial charge in [-0.05, 0) is 63.5 Å². The fraction of sp³-hybridized carbons (Fsp3) is 0.542. The van der Waals surface area contributed by atoms with Gasteiger partial charge in [0.1, 0.15) is 17.1 Å². The number of aromatic carboxylic acids is 1. The molecule has 0 spiro atoms. The molecule has 0 amide bonds. The van der Waals surface area contributed by atoms with Gasteiger partial charge in [0.25, 0.3) is 0 Å². The van der Waals surface area contributed by atoms with Crippen LogP contribution in [0.15, 0.2) is 29.4 Å². The van der Waals surface area contributed by atoms with Crippen LogP contribution in [0.2, 0.25) is 0 Å². The van der Waals surface area contributed by atoms with Crippen LogP contribution in [-0.4, -0.2) is 21.3 Å². The van der Waals surface area contributed by atoms with Gasteiger partial charge in [0.05, 0.1) is 0 Å². The van der Waals surface area contributed by atoms with Gasteiger partial charge in [-0.3, -0.25) is 0 Å². The van der Waals surface area contributed by atoms with Gasteiger partial charge < -0.3 is 15.3 Å². The summed E-state index contributed by atoms with van der Waals surface area (Å²) in [5.74, 6) is -1.33. The summed E-state index contributed by atoms with van der Waals surface area (Å²) in [6.07, 6.45) is 8.21. The van der Waals surface area contributed by atoms with Crippen molar-refractivity contribution in [3.8, 4) is 11.5 Å². The molecule has 4 heteroatoms. The van der Waals surface area contributed by atoms with Crippen molar-refractivity contribution < 1.29 is 20.1 Å². The SMILES string of the molecule is CCCC(C)C(C)c1cc(O)c(C/C=C(\C)CCC=C(C)C)c(O)c1C(=O)O. The quantitative estimate of drug-likeness (QED) is 0.396. The maximum Gasteiger partial charge on any atom is 0.339 e. The van der Waals surface area contributed by atoms with E-state index in [0.717, 1.165) is 31.3 Å². The van der Waals surface area contributed by atoms with Crippen LogP contribution in [0.5, 0.6) is 11.5 Å². The number of hydrogen-bond acceptors (Lipinski definition) is 3. The number of aromatic hydroxyl groups is 2. The van der Waals surface area contributed by atoms with E-state index in [9.17, 15) is 20.1 Å². The fourth-order valence-corrected chi connectivity index (χ4v) is 3.48. The minimum atomic E-state index is -1.16. The van der Waals surface area contributed by atoms with Gasteiger partial charge in [-0.25, -0.2) is 4.79 Å². The lowest BCUT2D eigenvalue weighted by Crippen LogP contribution is -2.13. The molecule has 2 unspecified atom stereocenters. The molecule has 0 aliphatic rings. The molecule has 0 bridgehead atoms. The molecule has 28 heavy (non-hydrogen) atoms. The van der Waals surface area contributed by atoms with E-state index < -0.39 is 5.97 Å². The number of carbonyl (C=O) groups is 1. The Hall–Kier alpha value is -2.23. The third kappa shape index (κ3) is 6.43. The number of hydrogen-bond donors (Lipinski definition) is 3. The molecule has 1 aromatic carbocycles. The lowest BCUT2D eigenvalue weighted by molar-refractivity contribution is 0.0691. The Kier molecular flexibility index (Phi) is 9.30. The van der Waals surface area contributed by atoms with Crippen molar-refractivity contribution in [2.75, 3.05) is 0 Å². The normalized spacial score (nSPS) is 13.9. The minimum Gasteiger partial charge on any atom is -0.508 e. The van der Waals surface area contributed by atoms with Gasteiger partial charge in [-0.2, -0.15) is 0 Å². The van der Waals surface area contributed by atoms with Crippen molar-refractivity contribution in [3.05, 3.63) is 46.1 Å². The van der Waals surface area contributed by atoms with Crippen LogP contribution in [0.25, 0.3) is 0 Å². The number of carboxylic acids is 1. The first-order valence-corrected chi connectivity index (χ1v) is 10.2. The van der Waals surface area contributed by atoms with E-state index in [4.69, 9.17) is 0 Å². The average Bonchev–Trinajstić information content (AvgIpc) is 2.59. The first-order valence-electron chi connectivity index (χ1n) is 10.2. The Bertz CT molecular complexity index is 739. The second kappa shape index (κ2) is 10.9. The molecule has 0 aliphatic heterocycles. The second-order valence-electron chi connectivity index (χ2n) is 8.12. The lowest BCUT2D eigenvalue weighted by Gasteiger charge is -2.23. The highest BCUT2D eigenvalue weighted by molar-refractivity contribution is 5.94. The Morgan fingerprint density at radius 3 is 2.32 bits per heavy atom. The molecule has 3 N–H and O–H groups in total. The van der Waals surface area contributed by atoms with Gasteiger partial charge in [0, 0.05) is 5.56 Å². The predicted molar refractivity (Wildman–Crippen MR) is 115 cm³/mol. The predicted octanol–water partition coefficient (Wildman–Crippen LogP) is 6.57. The number of phenols is 2. The Morgan fingerprint density at radius 1 is 1.14 bits per heavy atom. The smallest absolute Gasteiger partial charge is 0.339 e. The number of rotatable bonds is 10. The van der Waals surface area contributed by atoms with E-state index in [1.807, 2.05) is 19.9 Å². The maximum absolute atomic E-state index is 11.9. The van der Waals surface area contributed by atoms with Gasteiger partial charge in [0.2, 0.25) is 0 Å². The monoisotopic (exact) mass is 388 g/mol. The number of allylic oxidation sites excluding steroid dienone is 4. The lowest BCUT2D eigenvalue weighted by atomic mass is 9.82. The van der Waals surface area contributed by atoms with E-state index in [-0.39, 0.29) is 34.5 Å². The minimum absolute atomic E-state index is 0.0404. The summed E-state index contributed by atoms with van der Waals surface area (Å²) in [6.45, 7) is 12.2. The zero-order valence-corrected chi connectivity index (χ0v) is 18.2. The number of phenolic OH excluding ortho intramolecular Hbond substituents is 1. The van der Waals surface area contributed by atoms with Crippen molar-refractivity contribution in [1.29, 1.82) is 0 Å². The molecule has 0 aromatic heterocycles. The highest BCUT2D eigenvalue weighted by Crippen LogP contribution is 2.40. The Labute approximate surface area is 169 Å². The topological polar surface area (TPSA) is 77.8 Å². The van der Waals surface area contributed by atoms with Crippen molar-refractivity contribution in [1.82, 2.24) is 0 Å². The highest BCUT2D eigenvalue weighted by Gasteiger charge is 2.26. The molecule has 0 saturated heterocycles. The number of carboxylic acid groups (broad SMARTS) is 1.